The number of hydrogen-bond acceptors (Lipinski definition) is 5. The number of rotatable bonds is 6. The molecule has 0 radical (unpaired) electrons. The number of hydrogen-bond donors (Lipinski definition) is 1. The normalized spacial score (nSPS) is 19.0. The fourth-order valence-electron chi connectivity index (χ4n) is 4.23. The van der Waals surface area contributed by atoms with E-state index in [1.807, 2.05) is 18.2 Å². The maximum atomic E-state index is 13.3. The maximum Gasteiger partial charge on any atom is 0.153 e. The van der Waals surface area contributed by atoms with Crippen LogP contribution in [0.2, 0.25) is 0 Å². The molecule has 150 valence electrons. The van der Waals surface area contributed by atoms with Crippen LogP contribution in [-0.4, -0.2) is 26.3 Å². The van der Waals surface area contributed by atoms with Gasteiger partial charge in [0, 0.05) is 36.8 Å². The lowest BCUT2D eigenvalue weighted by Gasteiger charge is -2.26. The second-order valence-electron chi connectivity index (χ2n) is 7.83. The molecule has 1 N–H and O–H groups in total. The van der Waals surface area contributed by atoms with Crippen LogP contribution in [0, 0.1) is 5.82 Å². The van der Waals surface area contributed by atoms with Crippen LogP contribution in [0.25, 0.3) is 0 Å². The van der Waals surface area contributed by atoms with Gasteiger partial charge in [0.2, 0.25) is 0 Å². The van der Waals surface area contributed by atoms with E-state index in [-0.39, 0.29) is 11.9 Å². The van der Waals surface area contributed by atoms with Crippen molar-refractivity contribution in [1.29, 1.82) is 0 Å². The van der Waals surface area contributed by atoms with Crippen molar-refractivity contribution in [2.24, 2.45) is 0 Å². The predicted octanol–water partition coefficient (Wildman–Crippen LogP) is 4.79. The first kappa shape index (κ1) is 18.1. The Morgan fingerprint density at radius 2 is 1.90 bits per heavy atom. The maximum absolute atomic E-state index is 13.3. The van der Waals surface area contributed by atoms with Crippen LogP contribution >= 0.6 is 0 Å². The highest BCUT2D eigenvalue weighted by molar-refractivity contribution is 5.58. The largest absolute Gasteiger partial charge is 0.349 e. The van der Waals surface area contributed by atoms with Gasteiger partial charge in [-0.1, -0.05) is 12.1 Å². The lowest BCUT2D eigenvalue weighted by Crippen LogP contribution is -2.23. The van der Waals surface area contributed by atoms with Crippen LogP contribution in [0.1, 0.15) is 55.8 Å². The van der Waals surface area contributed by atoms with Crippen molar-refractivity contribution < 1.29 is 4.39 Å². The fraction of sp³-hybridized carbons (Fsp3) is 0.409. The lowest BCUT2D eigenvalue weighted by molar-refractivity contribution is 0.624. The van der Waals surface area contributed by atoms with Crippen LogP contribution in [0.4, 0.5) is 21.8 Å². The molecular formula is C22H25FN6. The summed E-state index contributed by atoms with van der Waals surface area (Å²) in [7, 11) is 0. The first-order valence-corrected chi connectivity index (χ1v) is 10.4. The summed E-state index contributed by atoms with van der Waals surface area (Å²) in [5.74, 6) is 2.90. The van der Waals surface area contributed by atoms with Gasteiger partial charge >= 0.3 is 0 Å². The van der Waals surface area contributed by atoms with Crippen molar-refractivity contribution in [3.05, 3.63) is 59.8 Å². The van der Waals surface area contributed by atoms with Gasteiger partial charge in [0.05, 0.1) is 6.04 Å². The molecule has 2 fully saturated rings. The quantitative estimate of drug-likeness (QED) is 0.653. The average molecular weight is 392 g/mol. The third-order valence-electron chi connectivity index (χ3n) is 5.82. The van der Waals surface area contributed by atoms with Crippen molar-refractivity contribution in [3.8, 4) is 0 Å². The van der Waals surface area contributed by atoms with Crippen molar-refractivity contribution in [2.45, 2.75) is 51.1 Å². The Morgan fingerprint density at radius 3 is 2.66 bits per heavy atom. The summed E-state index contributed by atoms with van der Waals surface area (Å²) in [6, 6.07) is 11.1. The number of aryl methyl sites for hydroxylation is 1. The topological polar surface area (TPSA) is 58.9 Å². The number of nitrogens with one attached hydrogen (secondary N) is 1. The first-order valence-electron chi connectivity index (χ1n) is 10.4. The molecule has 2 aliphatic rings. The van der Waals surface area contributed by atoms with E-state index in [9.17, 15) is 4.39 Å². The summed E-state index contributed by atoms with van der Waals surface area (Å²) < 4.78 is 15.4. The summed E-state index contributed by atoms with van der Waals surface area (Å²) >= 11 is 0. The molecule has 7 heteroatoms. The van der Waals surface area contributed by atoms with Gasteiger partial charge in [-0.25, -0.2) is 14.4 Å². The minimum atomic E-state index is -0.205. The molecule has 3 aromatic rings. The molecule has 29 heavy (non-hydrogen) atoms. The Bertz CT molecular complexity index is 995. The van der Waals surface area contributed by atoms with Crippen LogP contribution in [0.5, 0.6) is 0 Å². The van der Waals surface area contributed by atoms with Gasteiger partial charge in [-0.15, -0.1) is 0 Å². The van der Waals surface area contributed by atoms with E-state index in [1.54, 1.807) is 6.33 Å². The molecule has 0 bridgehead atoms. The van der Waals surface area contributed by atoms with Crippen LogP contribution in [0.15, 0.2) is 42.7 Å². The fourth-order valence-corrected chi connectivity index (χ4v) is 4.23. The van der Waals surface area contributed by atoms with Gasteiger partial charge in [-0.05, 0) is 50.3 Å². The number of nitrogens with zero attached hydrogens (tertiary/aromatic N) is 5. The third kappa shape index (κ3) is 3.69. The Hall–Kier alpha value is -2.96. The van der Waals surface area contributed by atoms with Gasteiger partial charge in [-0.2, -0.15) is 5.10 Å². The minimum Gasteiger partial charge on any atom is -0.349 e. The molecule has 1 atom stereocenters. The van der Waals surface area contributed by atoms with Crippen LogP contribution < -0.4 is 10.2 Å². The summed E-state index contributed by atoms with van der Waals surface area (Å²) in [5, 5.41) is 8.03. The molecule has 1 aliphatic carbocycles. The average Bonchev–Trinajstić information content (AvgIpc) is 3.32. The molecule has 3 heterocycles. The molecule has 1 aliphatic heterocycles. The summed E-state index contributed by atoms with van der Waals surface area (Å²) in [4.78, 5) is 11.2. The van der Waals surface area contributed by atoms with Crippen molar-refractivity contribution in [1.82, 2.24) is 19.7 Å². The second-order valence-corrected chi connectivity index (χ2v) is 7.83. The predicted molar refractivity (Wildman–Crippen MR) is 111 cm³/mol. The highest BCUT2D eigenvalue weighted by Gasteiger charge is 2.29. The Balaban J connectivity index is 1.37. The highest BCUT2D eigenvalue weighted by atomic mass is 19.1. The zero-order valence-corrected chi connectivity index (χ0v) is 16.6. The van der Waals surface area contributed by atoms with Crippen LogP contribution in [0.3, 0.4) is 0 Å². The number of benzene rings is 1. The summed E-state index contributed by atoms with van der Waals surface area (Å²) in [6.07, 6.45) is 6.21. The molecule has 2 aromatic heterocycles. The zero-order chi connectivity index (χ0) is 19.8. The van der Waals surface area contributed by atoms with Gasteiger partial charge in [0.1, 0.15) is 23.8 Å². The minimum absolute atomic E-state index is 0.205. The zero-order valence-electron chi connectivity index (χ0n) is 16.6. The van der Waals surface area contributed by atoms with E-state index in [2.05, 4.69) is 43.0 Å². The molecule has 1 unspecified atom stereocenters. The molecule has 1 saturated carbocycles. The molecule has 5 rings (SSSR count). The second kappa shape index (κ2) is 7.46. The molecule has 0 spiro atoms. The number of halogens is 1. The van der Waals surface area contributed by atoms with Gasteiger partial charge in [0.25, 0.3) is 0 Å². The van der Waals surface area contributed by atoms with E-state index in [0.29, 0.717) is 5.92 Å². The van der Waals surface area contributed by atoms with Crippen LogP contribution in [-0.2, 0) is 6.54 Å². The van der Waals surface area contributed by atoms with Crippen molar-refractivity contribution >= 4 is 17.5 Å². The van der Waals surface area contributed by atoms with E-state index in [1.165, 1.54) is 30.7 Å². The third-order valence-corrected chi connectivity index (χ3v) is 5.82. The molecule has 1 saturated heterocycles. The van der Waals surface area contributed by atoms with Gasteiger partial charge < -0.3 is 10.2 Å². The van der Waals surface area contributed by atoms with Crippen molar-refractivity contribution in [2.75, 3.05) is 16.8 Å². The smallest absolute Gasteiger partial charge is 0.153 e. The van der Waals surface area contributed by atoms with E-state index in [0.717, 1.165) is 48.9 Å². The standard InChI is InChI=1S/C22H25FN6/c1-2-29-19(16-5-6-16)12-21(27-29)26-20-13-22(25-14-24-20)28-11-3-4-18(28)15-7-9-17(23)10-8-15/h7-10,12-14,16,18H,2-6,11H2,1H3,(H,24,25,26,27). The van der Waals surface area contributed by atoms with Gasteiger partial charge in [0.15, 0.2) is 5.82 Å². The summed E-state index contributed by atoms with van der Waals surface area (Å²) in [6.45, 7) is 3.92. The number of aromatic nitrogens is 4. The number of anilines is 3. The molecule has 6 nitrogen and oxygen atoms in total. The monoisotopic (exact) mass is 392 g/mol. The molecule has 1 aromatic carbocycles. The SMILES string of the molecule is CCn1nc(Nc2cc(N3CCCC3c3ccc(F)cc3)ncn2)cc1C1CC1. The lowest BCUT2D eigenvalue weighted by atomic mass is 10.0. The van der Waals surface area contributed by atoms with Crippen molar-refractivity contribution in [3.63, 3.8) is 0 Å². The van der Waals surface area contributed by atoms with E-state index < -0.39 is 0 Å². The Morgan fingerprint density at radius 1 is 1.07 bits per heavy atom. The van der Waals surface area contributed by atoms with Gasteiger partial charge in [-0.3, -0.25) is 4.68 Å². The Kier molecular flexibility index (Phi) is 4.66. The van der Waals surface area contributed by atoms with E-state index >= 15 is 0 Å². The van der Waals surface area contributed by atoms with E-state index in [4.69, 9.17) is 0 Å². The first-order chi connectivity index (χ1) is 14.2. The highest BCUT2D eigenvalue weighted by Crippen LogP contribution is 2.41. The molecular weight excluding hydrogens is 367 g/mol. The molecule has 0 amide bonds. The Labute approximate surface area is 169 Å². The summed E-state index contributed by atoms with van der Waals surface area (Å²) in [5.41, 5.74) is 2.42.